The van der Waals surface area contributed by atoms with Crippen molar-refractivity contribution < 1.29 is 9.47 Å². The number of piperazine rings is 1. The molecular weight excluding hydrogens is 380 g/mol. The summed E-state index contributed by atoms with van der Waals surface area (Å²) in [6.45, 7) is 7.41. The highest BCUT2D eigenvalue weighted by molar-refractivity contribution is 7.99. The van der Waals surface area contributed by atoms with Crippen LogP contribution in [0.1, 0.15) is 25.3 Å². The molecule has 1 aliphatic carbocycles. The molecular formula is C24H30N2O2S. The zero-order chi connectivity index (χ0) is 19.9. The molecule has 5 heteroatoms. The first-order valence-electron chi connectivity index (χ1n) is 10.6. The lowest BCUT2D eigenvalue weighted by atomic mass is 10.0. The summed E-state index contributed by atoms with van der Waals surface area (Å²) in [4.78, 5) is 6.25. The van der Waals surface area contributed by atoms with Gasteiger partial charge in [-0.15, -0.1) is 11.8 Å². The van der Waals surface area contributed by atoms with Gasteiger partial charge in [0.1, 0.15) is 6.26 Å². The van der Waals surface area contributed by atoms with E-state index in [9.17, 15) is 0 Å². The monoisotopic (exact) mass is 410 g/mol. The van der Waals surface area contributed by atoms with Gasteiger partial charge in [0.05, 0.1) is 0 Å². The lowest BCUT2D eigenvalue weighted by Crippen LogP contribution is -2.46. The minimum absolute atomic E-state index is 0.826. The second-order valence-corrected chi connectivity index (χ2v) is 8.61. The summed E-state index contributed by atoms with van der Waals surface area (Å²) < 4.78 is 11.8. The Bertz CT molecular complexity index is 820. The van der Waals surface area contributed by atoms with Crippen molar-refractivity contribution in [1.82, 2.24) is 9.80 Å². The van der Waals surface area contributed by atoms with Gasteiger partial charge in [0.2, 0.25) is 5.88 Å². The van der Waals surface area contributed by atoms with Crippen molar-refractivity contribution in [2.24, 2.45) is 0 Å². The van der Waals surface area contributed by atoms with Crippen LogP contribution in [0.3, 0.4) is 0 Å². The Morgan fingerprint density at radius 1 is 1.03 bits per heavy atom. The van der Waals surface area contributed by atoms with Crippen LogP contribution in [-0.4, -0.2) is 48.3 Å². The largest absolute Gasteiger partial charge is 0.456 e. The molecule has 0 bridgehead atoms. The average Bonchev–Trinajstić information content (AvgIpc) is 2.80. The van der Waals surface area contributed by atoms with Gasteiger partial charge in [-0.3, -0.25) is 4.90 Å². The molecule has 4 nitrogen and oxygen atoms in total. The molecule has 1 aromatic rings. The lowest BCUT2D eigenvalue weighted by Gasteiger charge is -2.36. The molecule has 0 unspecified atom stereocenters. The number of allylic oxidation sites excluding steroid dienone is 4. The van der Waals surface area contributed by atoms with E-state index in [0.717, 1.165) is 69.4 Å². The molecule has 0 radical (unpaired) electrons. The first-order chi connectivity index (χ1) is 14.3. The second-order valence-electron chi connectivity index (χ2n) is 7.47. The Balaban J connectivity index is 1.19. The Morgan fingerprint density at radius 2 is 1.90 bits per heavy atom. The molecule has 1 fully saturated rings. The van der Waals surface area contributed by atoms with Crippen LogP contribution in [0, 0.1) is 0 Å². The Labute approximate surface area is 178 Å². The van der Waals surface area contributed by atoms with Gasteiger partial charge in [-0.05, 0) is 36.5 Å². The summed E-state index contributed by atoms with van der Waals surface area (Å²) in [5.41, 5.74) is 2.66. The van der Waals surface area contributed by atoms with Crippen molar-refractivity contribution in [3.8, 4) is 0 Å². The number of rotatable bonds is 7. The number of hydrogen-bond acceptors (Lipinski definition) is 5. The summed E-state index contributed by atoms with van der Waals surface area (Å²) in [6, 6.07) is 8.76. The van der Waals surface area contributed by atoms with Crippen LogP contribution in [-0.2, 0) is 15.9 Å². The van der Waals surface area contributed by atoms with Crippen LogP contribution >= 0.6 is 11.8 Å². The molecule has 0 N–H and O–H groups in total. The van der Waals surface area contributed by atoms with Crippen LogP contribution < -0.4 is 0 Å². The Hall–Kier alpha value is -2.11. The predicted octanol–water partition coefficient (Wildman–Crippen LogP) is 4.92. The molecule has 1 aromatic carbocycles. The molecule has 2 aliphatic heterocycles. The zero-order valence-electron chi connectivity index (χ0n) is 17.2. The number of thioether (sulfide) groups is 1. The van der Waals surface area contributed by atoms with Gasteiger partial charge >= 0.3 is 0 Å². The minimum Gasteiger partial charge on any atom is -0.456 e. The van der Waals surface area contributed by atoms with Crippen LogP contribution in [0.15, 0.2) is 77.1 Å². The SMILES string of the molecule is CCc1ccccc1SCCN1CCN(C2=COC(C3=CC=CCC3)=CO2)CC1. The number of aryl methyl sites for hydroxylation is 1. The molecule has 0 amide bonds. The van der Waals surface area contributed by atoms with E-state index in [4.69, 9.17) is 9.47 Å². The predicted molar refractivity (Wildman–Crippen MR) is 119 cm³/mol. The topological polar surface area (TPSA) is 24.9 Å². The standard InChI is InChI=1S/C24H30N2O2S/c1-2-20-8-6-7-11-23(20)29-17-16-25-12-14-26(15-13-25)24-19-27-22(18-28-24)21-9-4-3-5-10-21/h3-4,6-9,11,18-19H,2,5,10,12-17H2,1H3. The molecule has 3 aliphatic rings. The average molecular weight is 411 g/mol. The molecule has 154 valence electrons. The van der Waals surface area contributed by atoms with Gasteiger partial charge < -0.3 is 14.4 Å². The summed E-state index contributed by atoms with van der Waals surface area (Å²) >= 11 is 1.98. The number of benzene rings is 1. The maximum Gasteiger partial charge on any atom is 0.231 e. The van der Waals surface area contributed by atoms with Crippen molar-refractivity contribution >= 4 is 11.8 Å². The van der Waals surface area contributed by atoms with E-state index in [1.165, 1.54) is 16.0 Å². The van der Waals surface area contributed by atoms with Crippen LogP contribution in [0.25, 0.3) is 0 Å². The highest BCUT2D eigenvalue weighted by Crippen LogP contribution is 2.27. The number of ether oxygens (including phenoxy) is 2. The molecule has 2 heterocycles. The first kappa shape index (κ1) is 20.2. The summed E-state index contributed by atoms with van der Waals surface area (Å²) in [5.74, 6) is 2.79. The third-order valence-electron chi connectivity index (χ3n) is 5.61. The molecule has 4 rings (SSSR count). The van der Waals surface area contributed by atoms with E-state index in [0.29, 0.717) is 0 Å². The summed E-state index contributed by atoms with van der Waals surface area (Å²) in [7, 11) is 0. The van der Waals surface area contributed by atoms with Gasteiger partial charge in [-0.25, -0.2) is 0 Å². The summed E-state index contributed by atoms with van der Waals surface area (Å²) in [5, 5.41) is 0. The van der Waals surface area contributed by atoms with Crippen molar-refractivity contribution in [2.45, 2.75) is 31.1 Å². The molecule has 0 saturated carbocycles. The summed E-state index contributed by atoms with van der Waals surface area (Å²) in [6.07, 6.45) is 13.1. The molecule has 1 saturated heterocycles. The molecule has 0 aromatic heterocycles. The van der Waals surface area contributed by atoms with Gasteiger partial charge in [0.15, 0.2) is 12.0 Å². The fourth-order valence-electron chi connectivity index (χ4n) is 3.80. The normalized spacial score (nSPS) is 19.8. The smallest absolute Gasteiger partial charge is 0.231 e. The number of nitrogens with zero attached hydrogens (tertiary/aromatic N) is 2. The van der Waals surface area contributed by atoms with E-state index in [-0.39, 0.29) is 0 Å². The Kier molecular flexibility index (Phi) is 7.01. The molecule has 0 atom stereocenters. The maximum absolute atomic E-state index is 5.90. The van der Waals surface area contributed by atoms with Crippen LogP contribution in [0.2, 0.25) is 0 Å². The highest BCUT2D eigenvalue weighted by atomic mass is 32.2. The van der Waals surface area contributed by atoms with Crippen molar-refractivity contribution in [1.29, 1.82) is 0 Å². The van der Waals surface area contributed by atoms with Crippen LogP contribution in [0.4, 0.5) is 0 Å². The lowest BCUT2D eigenvalue weighted by molar-refractivity contribution is 0.0872. The minimum atomic E-state index is 0.826. The Morgan fingerprint density at radius 3 is 2.62 bits per heavy atom. The molecule has 0 spiro atoms. The fourth-order valence-corrected chi connectivity index (χ4v) is 4.95. The fraction of sp³-hybridized carbons (Fsp3) is 0.417. The first-order valence-corrected chi connectivity index (χ1v) is 11.6. The third kappa shape index (κ3) is 5.28. The van der Waals surface area contributed by atoms with Gasteiger partial charge in [0, 0.05) is 43.4 Å². The third-order valence-corrected chi connectivity index (χ3v) is 6.70. The highest BCUT2D eigenvalue weighted by Gasteiger charge is 2.22. The van der Waals surface area contributed by atoms with Crippen molar-refractivity contribution in [3.05, 3.63) is 77.8 Å². The van der Waals surface area contributed by atoms with E-state index >= 15 is 0 Å². The van der Waals surface area contributed by atoms with E-state index in [2.05, 4.69) is 59.2 Å². The zero-order valence-corrected chi connectivity index (χ0v) is 18.0. The van der Waals surface area contributed by atoms with Gasteiger partial charge in [-0.1, -0.05) is 43.4 Å². The van der Waals surface area contributed by atoms with Gasteiger partial charge in [-0.2, -0.15) is 0 Å². The van der Waals surface area contributed by atoms with Crippen molar-refractivity contribution in [3.63, 3.8) is 0 Å². The van der Waals surface area contributed by atoms with Crippen LogP contribution in [0.5, 0.6) is 0 Å². The quantitative estimate of drug-likeness (QED) is 0.594. The number of hydrogen-bond donors (Lipinski definition) is 0. The molecule has 29 heavy (non-hydrogen) atoms. The van der Waals surface area contributed by atoms with E-state index < -0.39 is 0 Å². The van der Waals surface area contributed by atoms with E-state index in [1.807, 2.05) is 11.8 Å². The second kappa shape index (κ2) is 10.1. The maximum atomic E-state index is 5.90. The van der Waals surface area contributed by atoms with E-state index in [1.54, 1.807) is 12.5 Å². The van der Waals surface area contributed by atoms with Gasteiger partial charge in [0.25, 0.3) is 0 Å². The van der Waals surface area contributed by atoms with Crippen molar-refractivity contribution in [2.75, 3.05) is 38.5 Å².